The van der Waals surface area contributed by atoms with Crippen molar-refractivity contribution in [1.29, 1.82) is 0 Å². The molecule has 0 rings (SSSR count). The van der Waals surface area contributed by atoms with Gasteiger partial charge in [0, 0.05) is 5.92 Å². The van der Waals surface area contributed by atoms with Crippen LogP contribution in [0.1, 0.15) is 27.7 Å². The van der Waals surface area contributed by atoms with Gasteiger partial charge in [-0.15, -0.1) is 0 Å². The zero-order valence-electron chi connectivity index (χ0n) is 7.34. The van der Waals surface area contributed by atoms with Crippen LogP contribution in [0.5, 0.6) is 0 Å². The summed E-state index contributed by atoms with van der Waals surface area (Å²) in [6.07, 6.45) is 0. The van der Waals surface area contributed by atoms with Gasteiger partial charge in [0.15, 0.2) is 0 Å². The minimum absolute atomic E-state index is 0.268. The molecule has 3 nitrogen and oxygen atoms in total. The average Bonchev–Trinajstić information content (AvgIpc) is 1.82. The second-order valence-corrected chi connectivity index (χ2v) is 3.76. The fourth-order valence-electron chi connectivity index (χ4n) is 0.578. The lowest BCUT2D eigenvalue weighted by molar-refractivity contribution is -0.152. The normalized spacial score (nSPS) is 14.2. The Bertz CT molecular complexity index is 176. The molecule has 0 heterocycles. The van der Waals surface area contributed by atoms with E-state index in [0.29, 0.717) is 0 Å². The highest BCUT2D eigenvalue weighted by Gasteiger charge is 2.30. The third-order valence-corrected chi connectivity index (χ3v) is 1.90. The quantitative estimate of drug-likeness (QED) is 0.616. The van der Waals surface area contributed by atoms with Crippen molar-refractivity contribution < 1.29 is 14.7 Å². The number of Topliss-reactive ketones (excluding diaryl/α,β-unsaturated/α-hetero) is 1. The smallest absolute Gasteiger partial charge is 0.372 e. The van der Waals surface area contributed by atoms with Crippen LogP contribution in [0.3, 0.4) is 0 Å². The highest BCUT2D eigenvalue weighted by atomic mass is 16.4. The number of hydrogen-bond acceptors (Lipinski definition) is 2. The molecule has 0 aliphatic carbocycles. The van der Waals surface area contributed by atoms with Crippen molar-refractivity contribution in [3.8, 4) is 0 Å². The third kappa shape index (κ3) is 2.70. The Morgan fingerprint density at radius 2 is 1.64 bits per heavy atom. The van der Waals surface area contributed by atoms with E-state index >= 15 is 0 Å². The molecule has 0 amide bonds. The van der Waals surface area contributed by atoms with E-state index in [2.05, 4.69) is 0 Å². The number of carboxylic acids is 1. The predicted octanol–water partition coefficient (Wildman–Crippen LogP) is 1.32. The van der Waals surface area contributed by atoms with E-state index in [4.69, 9.17) is 5.11 Å². The Balaban J connectivity index is 4.38. The zero-order valence-corrected chi connectivity index (χ0v) is 7.34. The molecule has 0 saturated heterocycles. The maximum atomic E-state index is 10.9. The van der Waals surface area contributed by atoms with Crippen LogP contribution in [-0.2, 0) is 9.59 Å². The summed E-state index contributed by atoms with van der Waals surface area (Å²) in [5.74, 6) is -2.48. The summed E-state index contributed by atoms with van der Waals surface area (Å²) >= 11 is 0. The van der Waals surface area contributed by atoms with Crippen LogP contribution in [0.4, 0.5) is 0 Å². The molecule has 0 fully saturated rings. The van der Waals surface area contributed by atoms with E-state index in [1.807, 2.05) is 20.8 Å². The maximum Gasteiger partial charge on any atom is 0.372 e. The van der Waals surface area contributed by atoms with Crippen LogP contribution >= 0.6 is 0 Å². The van der Waals surface area contributed by atoms with Gasteiger partial charge in [-0.25, -0.2) is 4.79 Å². The summed E-state index contributed by atoms with van der Waals surface area (Å²) in [5, 5.41) is 8.37. The summed E-state index contributed by atoms with van der Waals surface area (Å²) in [7, 11) is 0. The minimum atomic E-state index is -1.34. The van der Waals surface area contributed by atoms with E-state index in [9.17, 15) is 9.59 Å². The minimum Gasteiger partial charge on any atom is -0.475 e. The average molecular weight is 158 g/mol. The number of rotatable bonds is 2. The second-order valence-electron chi connectivity index (χ2n) is 3.76. The molecule has 1 N–H and O–H groups in total. The summed E-state index contributed by atoms with van der Waals surface area (Å²) in [5.41, 5.74) is -0.268. The molecule has 0 spiro atoms. The van der Waals surface area contributed by atoms with Gasteiger partial charge in [0.2, 0.25) is 5.78 Å². The molecular formula is C8H14O3. The molecule has 11 heavy (non-hydrogen) atoms. The van der Waals surface area contributed by atoms with Gasteiger partial charge in [-0.3, -0.25) is 4.79 Å². The number of ketones is 1. The highest BCUT2D eigenvalue weighted by Crippen LogP contribution is 2.25. The number of hydrogen-bond donors (Lipinski definition) is 1. The van der Waals surface area contributed by atoms with Gasteiger partial charge in [-0.1, -0.05) is 27.7 Å². The molecule has 1 unspecified atom stereocenters. The number of carboxylic acid groups (broad SMARTS) is 1. The van der Waals surface area contributed by atoms with Gasteiger partial charge < -0.3 is 5.11 Å². The monoisotopic (exact) mass is 158 g/mol. The van der Waals surface area contributed by atoms with Crippen LogP contribution in [0.25, 0.3) is 0 Å². The second kappa shape index (κ2) is 3.03. The summed E-state index contributed by atoms with van der Waals surface area (Å²) < 4.78 is 0. The number of carbonyl (C=O) groups excluding carboxylic acids is 1. The molecule has 0 aliphatic rings. The number of aliphatic carboxylic acids is 1. The standard InChI is InChI=1S/C8H14O3/c1-5(8(2,3)4)6(9)7(10)11/h5H,1-4H3,(H,10,11). The summed E-state index contributed by atoms with van der Waals surface area (Å²) in [4.78, 5) is 21.1. The SMILES string of the molecule is CC(C(=O)C(=O)O)C(C)(C)C. The van der Waals surface area contributed by atoms with Crippen LogP contribution in [0.2, 0.25) is 0 Å². The van der Waals surface area contributed by atoms with E-state index in [-0.39, 0.29) is 5.41 Å². The van der Waals surface area contributed by atoms with Gasteiger partial charge >= 0.3 is 5.97 Å². The molecule has 0 bridgehead atoms. The molecule has 3 heteroatoms. The molecular weight excluding hydrogens is 144 g/mol. The lowest BCUT2D eigenvalue weighted by Crippen LogP contribution is -2.31. The van der Waals surface area contributed by atoms with Crippen LogP contribution in [0.15, 0.2) is 0 Å². The molecule has 0 aromatic heterocycles. The fourth-order valence-corrected chi connectivity index (χ4v) is 0.578. The Kier molecular flexibility index (Phi) is 2.79. The van der Waals surface area contributed by atoms with Gasteiger partial charge in [-0.05, 0) is 5.41 Å². The van der Waals surface area contributed by atoms with Crippen LogP contribution < -0.4 is 0 Å². The van der Waals surface area contributed by atoms with E-state index in [1.165, 1.54) is 0 Å². The summed E-state index contributed by atoms with van der Waals surface area (Å²) in [6.45, 7) is 7.17. The Morgan fingerprint density at radius 3 is 1.73 bits per heavy atom. The first-order valence-corrected chi connectivity index (χ1v) is 3.54. The maximum absolute atomic E-state index is 10.9. The predicted molar refractivity (Wildman–Crippen MR) is 41.3 cm³/mol. The first-order chi connectivity index (χ1) is 4.76. The first-order valence-electron chi connectivity index (χ1n) is 3.54. The Labute approximate surface area is 66.4 Å². The van der Waals surface area contributed by atoms with Crippen molar-refractivity contribution >= 4 is 11.8 Å². The van der Waals surface area contributed by atoms with E-state index < -0.39 is 17.7 Å². The fraction of sp³-hybridized carbons (Fsp3) is 0.750. The van der Waals surface area contributed by atoms with Gasteiger partial charge in [0.05, 0.1) is 0 Å². The highest BCUT2D eigenvalue weighted by molar-refractivity contribution is 6.33. The van der Waals surface area contributed by atoms with Crippen molar-refractivity contribution in [2.75, 3.05) is 0 Å². The molecule has 0 saturated carbocycles. The summed E-state index contributed by atoms with van der Waals surface area (Å²) in [6, 6.07) is 0. The van der Waals surface area contributed by atoms with Crippen molar-refractivity contribution in [3.05, 3.63) is 0 Å². The lowest BCUT2D eigenvalue weighted by Gasteiger charge is -2.23. The topological polar surface area (TPSA) is 54.4 Å². The molecule has 1 atom stereocenters. The molecule has 64 valence electrons. The van der Waals surface area contributed by atoms with Crippen LogP contribution in [-0.4, -0.2) is 16.9 Å². The lowest BCUT2D eigenvalue weighted by atomic mass is 9.79. The van der Waals surface area contributed by atoms with Gasteiger partial charge in [-0.2, -0.15) is 0 Å². The zero-order chi connectivity index (χ0) is 9.23. The van der Waals surface area contributed by atoms with Gasteiger partial charge in [0.25, 0.3) is 0 Å². The molecule has 0 aromatic rings. The molecule has 0 aromatic carbocycles. The first kappa shape index (κ1) is 10.1. The van der Waals surface area contributed by atoms with Crippen molar-refractivity contribution in [2.45, 2.75) is 27.7 Å². The van der Waals surface area contributed by atoms with Crippen molar-refractivity contribution in [3.63, 3.8) is 0 Å². The van der Waals surface area contributed by atoms with Gasteiger partial charge in [0.1, 0.15) is 0 Å². The van der Waals surface area contributed by atoms with E-state index in [0.717, 1.165) is 0 Å². The number of carbonyl (C=O) groups is 2. The third-order valence-electron chi connectivity index (χ3n) is 1.90. The van der Waals surface area contributed by atoms with E-state index in [1.54, 1.807) is 6.92 Å². The van der Waals surface area contributed by atoms with Crippen LogP contribution in [0, 0.1) is 11.3 Å². The molecule has 0 radical (unpaired) electrons. The molecule has 0 aliphatic heterocycles. The Morgan fingerprint density at radius 1 is 1.27 bits per heavy atom. The Hall–Kier alpha value is -0.860. The van der Waals surface area contributed by atoms with Crippen molar-refractivity contribution in [1.82, 2.24) is 0 Å². The van der Waals surface area contributed by atoms with Crippen molar-refractivity contribution in [2.24, 2.45) is 11.3 Å². The largest absolute Gasteiger partial charge is 0.475 e.